The Morgan fingerprint density at radius 2 is 1.92 bits per heavy atom. The Morgan fingerprint density at radius 3 is 2.62 bits per heavy atom. The number of aliphatic carboxylic acids is 1. The number of carboxylic acid groups (broad SMARTS) is 1. The van der Waals surface area contributed by atoms with Gasteiger partial charge in [-0.05, 0) is 49.9 Å². The van der Waals surface area contributed by atoms with Crippen LogP contribution in [0.3, 0.4) is 0 Å². The van der Waals surface area contributed by atoms with Crippen molar-refractivity contribution < 1.29 is 9.90 Å². The molecule has 1 N–H and O–H groups in total. The molecule has 3 rings (SSSR count). The fourth-order valence-electron chi connectivity index (χ4n) is 3.72. The fourth-order valence-corrected chi connectivity index (χ4v) is 3.72. The highest BCUT2D eigenvalue weighted by Gasteiger charge is 2.31. The molecule has 3 heteroatoms. The predicted molar refractivity (Wildman–Crippen MR) is 96.1 cm³/mol. The molecule has 0 amide bonds. The molecule has 2 atom stereocenters. The van der Waals surface area contributed by atoms with E-state index in [4.69, 9.17) is 0 Å². The van der Waals surface area contributed by atoms with E-state index in [0.29, 0.717) is 6.54 Å². The number of carboxylic acids is 1. The van der Waals surface area contributed by atoms with Gasteiger partial charge in [-0.1, -0.05) is 54.1 Å². The van der Waals surface area contributed by atoms with Gasteiger partial charge in [-0.2, -0.15) is 0 Å². The Labute approximate surface area is 143 Å². The number of nitrogens with zero attached hydrogens (tertiary/aromatic N) is 1. The average molecular weight is 323 g/mol. The van der Waals surface area contributed by atoms with Crippen LogP contribution in [0.15, 0.2) is 48.5 Å². The van der Waals surface area contributed by atoms with Crippen molar-refractivity contribution in [3.63, 3.8) is 0 Å². The first-order valence-corrected chi connectivity index (χ1v) is 8.65. The van der Waals surface area contributed by atoms with Crippen molar-refractivity contribution >= 4 is 5.97 Å². The number of piperidine rings is 1. The summed E-state index contributed by atoms with van der Waals surface area (Å²) in [6.07, 6.45) is 1.71. The van der Waals surface area contributed by atoms with Crippen molar-refractivity contribution in [2.45, 2.75) is 32.7 Å². The number of likely N-dealkylation sites (tertiary alicyclic amines) is 1. The van der Waals surface area contributed by atoms with Crippen LogP contribution in [0.5, 0.6) is 0 Å². The molecule has 2 aromatic rings. The standard InChI is InChI=1S/C21H25NO2/c1-15-10-11-16(2)19(13-15)20(17-7-4-3-5-8-17)22-12-6-9-18(14-22)21(23)24/h3-5,7-8,10-11,13,18,20H,6,9,12,14H2,1-2H3,(H,23,24). The lowest BCUT2D eigenvalue weighted by atomic mass is 9.89. The molecule has 126 valence electrons. The van der Waals surface area contributed by atoms with Gasteiger partial charge < -0.3 is 5.11 Å². The van der Waals surface area contributed by atoms with Gasteiger partial charge >= 0.3 is 5.97 Å². The molecule has 1 fully saturated rings. The van der Waals surface area contributed by atoms with Gasteiger partial charge in [-0.3, -0.25) is 9.69 Å². The maximum Gasteiger partial charge on any atom is 0.307 e. The number of hydrogen-bond donors (Lipinski definition) is 1. The van der Waals surface area contributed by atoms with Crippen LogP contribution in [-0.2, 0) is 4.79 Å². The van der Waals surface area contributed by atoms with E-state index in [1.165, 1.54) is 22.3 Å². The summed E-state index contributed by atoms with van der Waals surface area (Å²) in [5.74, 6) is -0.942. The summed E-state index contributed by atoms with van der Waals surface area (Å²) < 4.78 is 0. The molecule has 0 aliphatic carbocycles. The normalized spacial score (nSPS) is 19.8. The van der Waals surface area contributed by atoms with Gasteiger partial charge in [-0.15, -0.1) is 0 Å². The summed E-state index contributed by atoms with van der Waals surface area (Å²) in [5.41, 5.74) is 5.01. The van der Waals surface area contributed by atoms with Crippen molar-refractivity contribution in [1.82, 2.24) is 4.90 Å². The van der Waals surface area contributed by atoms with E-state index in [1.807, 2.05) is 6.07 Å². The van der Waals surface area contributed by atoms with Crippen LogP contribution in [-0.4, -0.2) is 29.1 Å². The lowest BCUT2D eigenvalue weighted by molar-refractivity contribution is -0.143. The van der Waals surface area contributed by atoms with E-state index in [-0.39, 0.29) is 12.0 Å². The van der Waals surface area contributed by atoms with Gasteiger partial charge in [0.1, 0.15) is 0 Å². The Morgan fingerprint density at radius 1 is 1.17 bits per heavy atom. The molecule has 0 saturated carbocycles. The molecule has 2 unspecified atom stereocenters. The molecule has 2 aromatic carbocycles. The maximum atomic E-state index is 11.5. The van der Waals surface area contributed by atoms with Crippen LogP contribution < -0.4 is 0 Å². The molecule has 0 bridgehead atoms. The summed E-state index contributed by atoms with van der Waals surface area (Å²) in [6, 6.07) is 17.1. The van der Waals surface area contributed by atoms with Crippen molar-refractivity contribution in [3.8, 4) is 0 Å². The third kappa shape index (κ3) is 3.51. The number of hydrogen-bond acceptors (Lipinski definition) is 2. The molecule has 3 nitrogen and oxygen atoms in total. The molecule has 1 saturated heterocycles. The fraction of sp³-hybridized carbons (Fsp3) is 0.381. The summed E-state index contributed by atoms with van der Waals surface area (Å²) in [4.78, 5) is 13.8. The number of benzene rings is 2. The molecule has 1 heterocycles. The molecule has 1 aliphatic rings. The van der Waals surface area contributed by atoms with Gasteiger partial charge in [0.15, 0.2) is 0 Å². The second-order valence-corrected chi connectivity index (χ2v) is 6.85. The van der Waals surface area contributed by atoms with Crippen molar-refractivity contribution in [2.24, 2.45) is 5.92 Å². The second-order valence-electron chi connectivity index (χ2n) is 6.85. The summed E-state index contributed by atoms with van der Waals surface area (Å²) in [7, 11) is 0. The third-order valence-corrected chi connectivity index (χ3v) is 5.01. The Kier molecular flexibility index (Phi) is 5.00. The number of aryl methyl sites for hydroxylation is 2. The van der Waals surface area contributed by atoms with Crippen LogP contribution in [0.1, 0.15) is 41.1 Å². The molecule has 0 spiro atoms. The lowest BCUT2D eigenvalue weighted by Gasteiger charge is -2.38. The van der Waals surface area contributed by atoms with Crippen LogP contribution in [0.2, 0.25) is 0 Å². The Bertz CT molecular complexity index is 711. The maximum absolute atomic E-state index is 11.5. The Balaban J connectivity index is 2.02. The highest BCUT2D eigenvalue weighted by atomic mass is 16.4. The van der Waals surface area contributed by atoms with Crippen LogP contribution in [0.4, 0.5) is 0 Å². The first kappa shape index (κ1) is 16.7. The minimum atomic E-state index is -0.674. The van der Waals surface area contributed by atoms with Crippen LogP contribution in [0.25, 0.3) is 0 Å². The van der Waals surface area contributed by atoms with E-state index >= 15 is 0 Å². The quantitative estimate of drug-likeness (QED) is 0.917. The third-order valence-electron chi connectivity index (χ3n) is 5.01. The molecular formula is C21H25NO2. The zero-order valence-corrected chi connectivity index (χ0v) is 14.4. The first-order valence-electron chi connectivity index (χ1n) is 8.65. The summed E-state index contributed by atoms with van der Waals surface area (Å²) >= 11 is 0. The van der Waals surface area contributed by atoms with Crippen LogP contribution >= 0.6 is 0 Å². The highest BCUT2D eigenvalue weighted by molar-refractivity contribution is 5.70. The first-order chi connectivity index (χ1) is 11.6. The molecular weight excluding hydrogens is 298 g/mol. The SMILES string of the molecule is Cc1ccc(C)c(C(c2ccccc2)N2CCCC(C(=O)O)C2)c1. The topological polar surface area (TPSA) is 40.5 Å². The minimum Gasteiger partial charge on any atom is -0.481 e. The minimum absolute atomic E-state index is 0.119. The van der Waals surface area contributed by atoms with Gasteiger partial charge in [0.25, 0.3) is 0 Å². The van der Waals surface area contributed by atoms with Crippen molar-refractivity contribution in [1.29, 1.82) is 0 Å². The van der Waals surface area contributed by atoms with E-state index < -0.39 is 5.97 Å². The highest BCUT2D eigenvalue weighted by Crippen LogP contribution is 2.34. The van der Waals surface area contributed by atoms with Crippen molar-refractivity contribution in [2.75, 3.05) is 13.1 Å². The Hall–Kier alpha value is -2.13. The molecule has 0 aromatic heterocycles. The molecule has 1 aliphatic heterocycles. The molecule has 24 heavy (non-hydrogen) atoms. The zero-order valence-electron chi connectivity index (χ0n) is 14.4. The van der Waals surface area contributed by atoms with Crippen LogP contribution in [0, 0.1) is 19.8 Å². The molecule has 0 radical (unpaired) electrons. The monoisotopic (exact) mass is 323 g/mol. The number of carbonyl (C=O) groups is 1. The largest absolute Gasteiger partial charge is 0.481 e. The van der Waals surface area contributed by atoms with Gasteiger partial charge in [0.2, 0.25) is 0 Å². The zero-order chi connectivity index (χ0) is 17.1. The van der Waals surface area contributed by atoms with Gasteiger partial charge in [0, 0.05) is 6.54 Å². The van der Waals surface area contributed by atoms with Crippen molar-refractivity contribution in [3.05, 3.63) is 70.8 Å². The summed E-state index contributed by atoms with van der Waals surface area (Å²) in [6.45, 7) is 5.81. The second kappa shape index (κ2) is 7.18. The smallest absolute Gasteiger partial charge is 0.307 e. The summed E-state index contributed by atoms with van der Waals surface area (Å²) in [5, 5.41) is 9.45. The van der Waals surface area contributed by atoms with E-state index in [2.05, 4.69) is 61.2 Å². The van der Waals surface area contributed by atoms with E-state index in [0.717, 1.165) is 19.4 Å². The predicted octanol–water partition coefficient (Wildman–Crippen LogP) is 4.19. The van der Waals surface area contributed by atoms with E-state index in [1.54, 1.807) is 0 Å². The number of rotatable bonds is 4. The average Bonchev–Trinajstić information content (AvgIpc) is 2.59. The van der Waals surface area contributed by atoms with Gasteiger partial charge in [0.05, 0.1) is 12.0 Å². The van der Waals surface area contributed by atoms with E-state index in [9.17, 15) is 9.90 Å². The van der Waals surface area contributed by atoms with Gasteiger partial charge in [-0.25, -0.2) is 0 Å². The lowest BCUT2D eigenvalue weighted by Crippen LogP contribution is -2.41.